The van der Waals surface area contributed by atoms with Gasteiger partial charge in [-0.3, -0.25) is 0 Å². The Morgan fingerprint density at radius 3 is 2.50 bits per heavy atom. The predicted molar refractivity (Wildman–Crippen MR) is 65.5 cm³/mol. The van der Waals surface area contributed by atoms with Gasteiger partial charge in [-0.2, -0.15) is 0 Å². The smallest absolute Gasteiger partial charge is 0.128 e. The van der Waals surface area contributed by atoms with Crippen LogP contribution in [0.3, 0.4) is 0 Å². The highest BCUT2D eigenvalue weighted by Gasteiger charge is 2.06. The molecule has 0 heterocycles. The van der Waals surface area contributed by atoms with E-state index < -0.39 is 0 Å². The Kier molecular flexibility index (Phi) is 5.43. The van der Waals surface area contributed by atoms with Gasteiger partial charge in [0.05, 0.1) is 0 Å². The second kappa shape index (κ2) is 6.61. The molecule has 0 aromatic heterocycles. The van der Waals surface area contributed by atoms with Crippen LogP contribution in [0.2, 0.25) is 0 Å². The lowest BCUT2D eigenvalue weighted by molar-refractivity contribution is 0.474. The molecule has 1 aromatic rings. The van der Waals surface area contributed by atoms with E-state index in [0.29, 0.717) is 24.7 Å². The van der Waals surface area contributed by atoms with Gasteiger partial charge >= 0.3 is 0 Å². The molecule has 0 spiro atoms. The molecular formula is C13H21FN2. The van der Waals surface area contributed by atoms with Gasteiger partial charge in [0.1, 0.15) is 5.82 Å². The molecule has 3 heteroatoms. The van der Waals surface area contributed by atoms with Crippen molar-refractivity contribution in [1.82, 2.24) is 5.32 Å². The molecule has 0 aliphatic heterocycles. The van der Waals surface area contributed by atoms with Crippen LogP contribution in [0.4, 0.5) is 4.39 Å². The lowest BCUT2D eigenvalue weighted by atomic mass is 10.1. The number of hydrogen-bond donors (Lipinski definition) is 2. The summed E-state index contributed by atoms with van der Waals surface area (Å²) in [6.07, 6.45) is 2.14. The van der Waals surface area contributed by atoms with Crippen LogP contribution in [-0.4, -0.2) is 6.04 Å². The van der Waals surface area contributed by atoms with E-state index in [2.05, 4.69) is 19.2 Å². The van der Waals surface area contributed by atoms with Gasteiger partial charge in [-0.05, 0) is 24.5 Å². The fraction of sp³-hybridized carbons (Fsp3) is 0.538. The quantitative estimate of drug-likeness (QED) is 0.779. The van der Waals surface area contributed by atoms with Crippen LogP contribution in [0.15, 0.2) is 18.2 Å². The Morgan fingerprint density at radius 2 is 2.00 bits per heavy atom. The second-order valence-corrected chi connectivity index (χ2v) is 4.02. The predicted octanol–water partition coefficient (Wildman–Crippen LogP) is 2.56. The Bertz CT molecular complexity index is 322. The molecule has 0 unspecified atom stereocenters. The maximum atomic E-state index is 13.6. The summed E-state index contributed by atoms with van der Waals surface area (Å²) >= 11 is 0. The molecule has 16 heavy (non-hydrogen) atoms. The number of halogens is 1. The van der Waals surface area contributed by atoms with E-state index in [0.717, 1.165) is 18.4 Å². The molecule has 90 valence electrons. The first-order valence-electron chi connectivity index (χ1n) is 5.92. The first-order valence-corrected chi connectivity index (χ1v) is 5.92. The van der Waals surface area contributed by atoms with Crippen molar-refractivity contribution in [2.24, 2.45) is 5.73 Å². The van der Waals surface area contributed by atoms with Crippen LogP contribution >= 0.6 is 0 Å². The molecule has 0 atom stereocenters. The van der Waals surface area contributed by atoms with Gasteiger partial charge in [-0.1, -0.05) is 26.0 Å². The first-order chi connectivity index (χ1) is 7.71. The topological polar surface area (TPSA) is 38.0 Å². The van der Waals surface area contributed by atoms with E-state index in [-0.39, 0.29) is 5.82 Å². The summed E-state index contributed by atoms with van der Waals surface area (Å²) in [6.45, 7) is 5.24. The monoisotopic (exact) mass is 224 g/mol. The van der Waals surface area contributed by atoms with Gasteiger partial charge < -0.3 is 11.1 Å². The summed E-state index contributed by atoms with van der Waals surface area (Å²) < 4.78 is 13.6. The van der Waals surface area contributed by atoms with Gasteiger partial charge in [0.25, 0.3) is 0 Å². The second-order valence-electron chi connectivity index (χ2n) is 4.02. The molecular weight excluding hydrogens is 203 g/mol. The molecule has 0 amide bonds. The Hall–Kier alpha value is -0.930. The number of benzene rings is 1. The average molecular weight is 224 g/mol. The number of nitrogens with one attached hydrogen (secondary N) is 1. The minimum atomic E-state index is -0.165. The zero-order valence-electron chi connectivity index (χ0n) is 10.1. The first kappa shape index (κ1) is 13.1. The molecule has 0 radical (unpaired) electrons. The largest absolute Gasteiger partial charge is 0.326 e. The summed E-state index contributed by atoms with van der Waals surface area (Å²) in [5, 5.41) is 3.34. The van der Waals surface area contributed by atoms with Crippen LogP contribution < -0.4 is 11.1 Å². The molecule has 3 N–H and O–H groups in total. The van der Waals surface area contributed by atoms with Gasteiger partial charge in [-0.15, -0.1) is 0 Å². The molecule has 0 fully saturated rings. The summed E-state index contributed by atoms with van der Waals surface area (Å²) in [5.74, 6) is -0.165. The Morgan fingerprint density at radius 1 is 1.31 bits per heavy atom. The van der Waals surface area contributed by atoms with Crippen molar-refractivity contribution in [1.29, 1.82) is 0 Å². The fourth-order valence-electron chi connectivity index (χ4n) is 1.69. The highest BCUT2D eigenvalue weighted by molar-refractivity contribution is 5.24. The van der Waals surface area contributed by atoms with Gasteiger partial charge in [0, 0.05) is 24.7 Å². The number of nitrogens with two attached hydrogens (primary N) is 1. The van der Waals surface area contributed by atoms with Gasteiger partial charge in [0.2, 0.25) is 0 Å². The standard InChI is InChI=1S/C13H21FN2/c1-3-12(4-2)16-9-11-6-5-10(8-15)7-13(11)14/h5-7,12,16H,3-4,8-9,15H2,1-2H3. The number of hydrogen-bond acceptors (Lipinski definition) is 2. The molecule has 1 aromatic carbocycles. The van der Waals surface area contributed by atoms with Crippen molar-refractivity contribution >= 4 is 0 Å². The maximum Gasteiger partial charge on any atom is 0.128 e. The minimum Gasteiger partial charge on any atom is -0.326 e. The van der Waals surface area contributed by atoms with E-state index in [9.17, 15) is 4.39 Å². The van der Waals surface area contributed by atoms with Crippen molar-refractivity contribution in [2.75, 3.05) is 0 Å². The molecule has 0 aliphatic carbocycles. The molecule has 2 nitrogen and oxygen atoms in total. The molecule has 0 bridgehead atoms. The van der Waals surface area contributed by atoms with Crippen molar-refractivity contribution in [2.45, 2.75) is 45.8 Å². The molecule has 0 saturated heterocycles. The molecule has 0 saturated carbocycles. The van der Waals surface area contributed by atoms with Crippen molar-refractivity contribution in [3.63, 3.8) is 0 Å². The zero-order chi connectivity index (χ0) is 12.0. The molecule has 0 aliphatic rings. The van der Waals surface area contributed by atoms with Crippen LogP contribution in [0, 0.1) is 5.82 Å². The van der Waals surface area contributed by atoms with Gasteiger partial charge in [-0.25, -0.2) is 4.39 Å². The van der Waals surface area contributed by atoms with E-state index >= 15 is 0 Å². The van der Waals surface area contributed by atoms with E-state index in [1.807, 2.05) is 12.1 Å². The molecule has 1 rings (SSSR count). The Balaban J connectivity index is 2.60. The minimum absolute atomic E-state index is 0.165. The van der Waals surface area contributed by atoms with E-state index in [1.54, 1.807) is 0 Å². The normalized spacial score (nSPS) is 11.1. The lowest BCUT2D eigenvalue weighted by Gasteiger charge is -2.15. The van der Waals surface area contributed by atoms with E-state index in [4.69, 9.17) is 5.73 Å². The third kappa shape index (κ3) is 3.58. The van der Waals surface area contributed by atoms with Crippen molar-refractivity contribution in [3.8, 4) is 0 Å². The average Bonchev–Trinajstić information content (AvgIpc) is 2.32. The summed E-state index contributed by atoms with van der Waals surface area (Å²) in [5.41, 5.74) is 7.00. The van der Waals surface area contributed by atoms with Gasteiger partial charge in [0.15, 0.2) is 0 Å². The summed E-state index contributed by atoms with van der Waals surface area (Å²) in [7, 11) is 0. The Labute approximate surface area is 97.0 Å². The van der Waals surface area contributed by atoms with Crippen LogP contribution in [0.1, 0.15) is 37.8 Å². The maximum absolute atomic E-state index is 13.6. The summed E-state index contributed by atoms with van der Waals surface area (Å²) in [4.78, 5) is 0. The fourth-order valence-corrected chi connectivity index (χ4v) is 1.69. The third-order valence-electron chi connectivity index (χ3n) is 2.92. The summed E-state index contributed by atoms with van der Waals surface area (Å²) in [6, 6.07) is 5.68. The highest BCUT2D eigenvalue weighted by Crippen LogP contribution is 2.10. The highest BCUT2D eigenvalue weighted by atomic mass is 19.1. The van der Waals surface area contributed by atoms with Crippen molar-refractivity contribution < 1.29 is 4.39 Å². The lowest BCUT2D eigenvalue weighted by Crippen LogP contribution is -2.27. The van der Waals surface area contributed by atoms with Crippen molar-refractivity contribution in [3.05, 3.63) is 35.1 Å². The van der Waals surface area contributed by atoms with Crippen LogP contribution in [0.25, 0.3) is 0 Å². The number of rotatable bonds is 6. The third-order valence-corrected chi connectivity index (χ3v) is 2.92. The SMILES string of the molecule is CCC(CC)NCc1ccc(CN)cc1F. The van der Waals surface area contributed by atoms with E-state index in [1.165, 1.54) is 6.07 Å². The van der Waals surface area contributed by atoms with Crippen LogP contribution in [0.5, 0.6) is 0 Å². The van der Waals surface area contributed by atoms with Crippen LogP contribution in [-0.2, 0) is 13.1 Å². The zero-order valence-corrected chi connectivity index (χ0v) is 10.1.